The highest BCUT2D eigenvalue weighted by molar-refractivity contribution is 7.90. The lowest BCUT2D eigenvalue weighted by molar-refractivity contribution is -0.128. The third kappa shape index (κ3) is 3.67. The van der Waals surface area contributed by atoms with Gasteiger partial charge in [-0.15, -0.1) is 0 Å². The number of anilines is 1. The van der Waals surface area contributed by atoms with Crippen LogP contribution in [-0.4, -0.2) is 37.6 Å². The number of benzene rings is 1. The summed E-state index contributed by atoms with van der Waals surface area (Å²) >= 11 is 0. The molecule has 3 heterocycles. The molecule has 1 amide bonds. The van der Waals surface area contributed by atoms with E-state index in [0.29, 0.717) is 17.0 Å². The minimum absolute atomic E-state index is 0.000192. The largest absolute Gasteiger partial charge is 0.481 e. The smallest absolute Gasteiger partial charge is 0.270 e. The van der Waals surface area contributed by atoms with Gasteiger partial charge in [-0.2, -0.15) is 5.10 Å². The number of rotatable bonds is 5. The highest BCUT2D eigenvalue weighted by atomic mass is 32.2. The molecule has 0 spiro atoms. The highest BCUT2D eigenvalue weighted by Crippen LogP contribution is 2.37. The molecule has 10 nitrogen and oxygen atoms in total. The fourth-order valence-electron chi connectivity index (χ4n) is 3.45. The summed E-state index contributed by atoms with van der Waals surface area (Å²) in [5.74, 6) is -0.694. The Bertz CT molecular complexity index is 1340. The molecule has 2 unspecified atom stereocenters. The standard InChI is InChI=1S/C20H21FN6O4S/c1-11-14(21)5-4-13(12-6-7-24-16(8-12)30-3)17(11)26-19(28)20(2)10-27-18(31-20)15(9-25-27)32(22,23)29/h4-9H,10H2,1-3H3,(H,26,28)(H3,22,23,29). The molecule has 0 radical (unpaired) electrons. The number of halogens is 1. The third-order valence-corrected chi connectivity index (χ3v) is 6.17. The van der Waals surface area contributed by atoms with Crippen molar-refractivity contribution in [2.45, 2.75) is 30.9 Å². The van der Waals surface area contributed by atoms with E-state index in [-0.39, 0.29) is 28.6 Å². The van der Waals surface area contributed by atoms with Gasteiger partial charge < -0.3 is 14.8 Å². The average molecular weight is 460 g/mol. The molecule has 0 aliphatic carbocycles. The van der Waals surface area contributed by atoms with E-state index in [2.05, 4.69) is 15.4 Å². The van der Waals surface area contributed by atoms with Crippen molar-refractivity contribution in [1.29, 1.82) is 4.78 Å². The van der Waals surface area contributed by atoms with Crippen LogP contribution in [0.4, 0.5) is 10.1 Å². The molecule has 1 aromatic carbocycles. The number of hydrogen-bond acceptors (Lipinski definition) is 7. The Morgan fingerprint density at radius 3 is 2.88 bits per heavy atom. The second-order valence-corrected chi connectivity index (χ2v) is 9.18. The van der Waals surface area contributed by atoms with Crippen molar-refractivity contribution in [2.24, 2.45) is 5.14 Å². The number of amides is 1. The van der Waals surface area contributed by atoms with Gasteiger partial charge in [0.25, 0.3) is 5.91 Å². The van der Waals surface area contributed by atoms with Crippen LogP contribution < -0.4 is 19.9 Å². The molecule has 2 atom stereocenters. The van der Waals surface area contributed by atoms with Crippen molar-refractivity contribution in [3.8, 4) is 22.9 Å². The molecule has 168 valence electrons. The molecule has 2 aromatic heterocycles. The Kier molecular flexibility index (Phi) is 5.13. The Morgan fingerprint density at radius 1 is 1.44 bits per heavy atom. The summed E-state index contributed by atoms with van der Waals surface area (Å²) in [5.41, 5.74) is 0.285. The fourth-order valence-corrected chi connectivity index (χ4v) is 4.06. The van der Waals surface area contributed by atoms with E-state index in [1.165, 1.54) is 31.0 Å². The highest BCUT2D eigenvalue weighted by Gasteiger charge is 2.45. The molecule has 4 N–H and O–H groups in total. The van der Waals surface area contributed by atoms with Gasteiger partial charge in [0.2, 0.25) is 17.4 Å². The molecule has 0 bridgehead atoms. The van der Waals surface area contributed by atoms with Crippen molar-refractivity contribution < 1.29 is 22.9 Å². The average Bonchev–Trinajstić information content (AvgIpc) is 3.28. The first-order valence-electron chi connectivity index (χ1n) is 9.46. The van der Waals surface area contributed by atoms with Crippen LogP contribution in [-0.2, 0) is 21.3 Å². The van der Waals surface area contributed by atoms with Crippen LogP contribution >= 0.6 is 0 Å². The number of carbonyl (C=O) groups is 1. The summed E-state index contributed by atoms with van der Waals surface area (Å²) in [6.45, 7) is 3.07. The second-order valence-electron chi connectivity index (χ2n) is 7.54. The van der Waals surface area contributed by atoms with Gasteiger partial charge >= 0.3 is 0 Å². The van der Waals surface area contributed by atoms with Crippen LogP contribution in [0.15, 0.2) is 41.6 Å². The van der Waals surface area contributed by atoms with Gasteiger partial charge in [-0.1, -0.05) is 0 Å². The van der Waals surface area contributed by atoms with Crippen LogP contribution in [0.5, 0.6) is 11.8 Å². The number of hydrogen-bond donors (Lipinski definition) is 3. The molecule has 32 heavy (non-hydrogen) atoms. The van der Waals surface area contributed by atoms with Gasteiger partial charge in [0, 0.05) is 23.4 Å². The van der Waals surface area contributed by atoms with Gasteiger partial charge in [-0.05, 0) is 37.6 Å². The van der Waals surface area contributed by atoms with Crippen LogP contribution in [0.1, 0.15) is 12.5 Å². The molecule has 12 heteroatoms. The molecule has 4 rings (SSSR count). The number of nitrogens with one attached hydrogen (secondary N) is 2. The van der Waals surface area contributed by atoms with E-state index in [9.17, 15) is 13.4 Å². The first-order chi connectivity index (χ1) is 15.0. The lowest BCUT2D eigenvalue weighted by atomic mass is 9.99. The third-order valence-electron chi connectivity index (χ3n) is 5.23. The van der Waals surface area contributed by atoms with Gasteiger partial charge in [0.15, 0.2) is 0 Å². The van der Waals surface area contributed by atoms with E-state index in [4.69, 9.17) is 19.4 Å². The Labute approximate surface area is 183 Å². The van der Waals surface area contributed by atoms with E-state index >= 15 is 0 Å². The number of pyridine rings is 1. The molecule has 1 aliphatic rings. The summed E-state index contributed by atoms with van der Waals surface area (Å²) in [6, 6.07) is 6.25. The van der Waals surface area contributed by atoms with E-state index in [0.717, 1.165) is 0 Å². The summed E-state index contributed by atoms with van der Waals surface area (Å²) in [6.07, 6.45) is 2.74. The lowest BCUT2D eigenvalue weighted by Gasteiger charge is -2.24. The minimum Gasteiger partial charge on any atom is -0.481 e. The fraction of sp³-hybridized carbons (Fsp3) is 0.250. The van der Waals surface area contributed by atoms with Crippen LogP contribution in [0.25, 0.3) is 11.1 Å². The number of carbonyl (C=O) groups excluding carboxylic acids is 1. The zero-order valence-corrected chi connectivity index (χ0v) is 18.3. The molecule has 3 aromatic rings. The normalized spacial score (nSPS) is 19.0. The number of ether oxygens (including phenoxy) is 2. The summed E-state index contributed by atoms with van der Waals surface area (Å²) in [5, 5.41) is 12.2. The van der Waals surface area contributed by atoms with Crippen molar-refractivity contribution in [3.05, 3.63) is 48.0 Å². The van der Waals surface area contributed by atoms with Crippen molar-refractivity contribution in [2.75, 3.05) is 12.4 Å². The maximum Gasteiger partial charge on any atom is 0.270 e. The van der Waals surface area contributed by atoms with E-state index in [1.807, 2.05) is 0 Å². The molecule has 1 aliphatic heterocycles. The Hall–Kier alpha value is -3.51. The first-order valence-corrected chi connectivity index (χ1v) is 11.1. The number of nitrogens with two attached hydrogens (primary N) is 1. The van der Waals surface area contributed by atoms with Gasteiger partial charge in [-0.3, -0.25) is 4.79 Å². The molecule has 0 saturated heterocycles. The quantitative estimate of drug-likeness (QED) is 0.533. The predicted octanol–water partition coefficient (Wildman–Crippen LogP) is 2.47. The molecule has 0 saturated carbocycles. The molecule has 0 fully saturated rings. The lowest BCUT2D eigenvalue weighted by Crippen LogP contribution is -2.45. The van der Waals surface area contributed by atoms with E-state index in [1.54, 1.807) is 31.3 Å². The summed E-state index contributed by atoms with van der Waals surface area (Å²) in [4.78, 5) is 17.2. The maximum atomic E-state index is 14.4. The molecular weight excluding hydrogens is 439 g/mol. The van der Waals surface area contributed by atoms with Crippen molar-refractivity contribution >= 4 is 21.5 Å². The van der Waals surface area contributed by atoms with Crippen molar-refractivity contribution in [3.63, 3.8) is 0 Å². The van der Waals surface area contributed by atoms with Gasteiger partial charge in [0.1, 0.15) is 20.6 Å². The Morgan fingerprint density at radius 2 is 2.19 bits per heavy atom. The summed E-state index contributed by atoms with van der Waals surface area (Å²) < 4.78 is 46.2. The van der Waals surface area contributed by atoms with Crippen LogP contribution in [0, 0.1) is 17.5 Å². The Balaban J connectivity index is 1.69. The van der Waals surface area contributed by atoms with E-state index < -0.39 is 27.2 Å². The van der Waals surface area contributed by atoms with Gasteiger partial charge in [0.05, 0.1) is 25.5 Å². The second kappa shape index (κ2) is 7.57. The number of nitrogens with zero attached hydrogens (tertiary/aromatic N) is 3. The van der Waals surface area contributed by atoms with Crippen molar-refractivity contribution in [1.82, 2.24) is 14.8 Å². The zero-order chi connectivity index (χ0) is 23.3. The van der Waals surface area contributed by atoms with Crippen LogP contribution in [0.2, 0.25) is 0 Å². The monoisotopic (exact) mass is 460 g/mol. The topological polar surface area (TPSA) is 145 Å². The van der Waals surface area contributed by atoms with Crippen LogP contribution in [0.3, 0.4) is 0 Å². The predicted molar refractivity (Wildman–Crippen MR) is 114 cm³/mol. The number of methoxy groups -OCH3 is 1. The van der Waals surface area contributed by atoms with Gasteiger partial charge in [-0.25, -0.2) is 28.2 Å². The molecular formula is C20H21FN6O4S. The number of aromatic nitrogens is 3. The SMILES string of the molecule is COc1cc(-c2ccc(F)c(C)c2NC(=O)C2(C)Cn3ncc(S(=N)(N)=O)c3O2)ccn1. The minimum atomic E-state index is -3.59. The zero-order valence-electron chi connectivity index (χ0n) is 17.5. The first kappa shape index (κ1) is 21.7. The number of fused-ring (bicyclic) bond motifs is 1. The summed E-state index contributed by atoms with van der Waals surface area (Å²) in [7, 11) is -2.11. The maximum absolute atomic E-state index is 14.4.